The van der Waals surface area contributed by atoms with E-state index >= 15 is 0 Å². The van der Waals surface area contributed by atoms with E-state index in [0.717, 1.165) is 12.8 Å². The molecule has 4 heteroatoms. The van der Waals surface area contributed by atoms with Gasteiger partial charge in [0.2, 0.25) is 5.91 Å². The van der Waals surface area contributed by atoms with Gasteiger partial charge in [0.05, 0.1) is 5.41 Å². The topological polar surface area (TPSA) is 66.4 Å². The standard InChI is InChI=1S/C16H29NO3/c1-4-13(10-12-8-6-5-7-9-12)14(18)17-11-16(2,3)15(19)20/h12-13H,4-11H2,1-3H3,(H,17,18)(H,19,20). The third-order valence-electron chi connectivity index (χ3n) is 4.49. The van der Waals surface area contributed by atoms with Gasteiger partial charge in [-0.05, 0) is 32.6 Å². The molecule has 1 unspecified atom stereocenters. The van der Waals surface area contributed by atoms with Crippen LogP contribution in [0.3, 0.4) is 0 Å². The van der Waals surface area contributed by atoms with E-state index in [0.29, 0.717) is 5.92 Å². The SMILES string of the molecule is CCC(CC1CCCCC1)C(=O)NCC(C)(C)C(=O)O. The van der Waals surface area contributed by atoms with Crippen LogP contribution in [0.1, 0.15) is 65.7 Å². The van der Waals surface area contributed by atoms with Crippen LogP contribution in [0.2, 0.25) is 0 Å². The number of carbonyl (C=O) groups is 2. The summed E-state index contributed by atoms with van der Waals surface area (Å²) in [5.74, 6) is -0.153. The second kappa shape index (κ2) is 7.65. The number of carboxylic acids is 1. The lowest BCUT2D eigenvalue weighted by atomic mass is 9.81. The van der Waals surface area contributed by atoms with Crippen LogP contribution in [-0.4, -0.2) is 23.5 Å². The predicted molar refractivity (Wildman–Crippen MR) is 79.4 cm³/mol. The molecular formula is C16H29NO3. The van der Waals surface area contributed by atoms with E-state index in [4.69, 9.17) is 5.11 Å². The molecule has 4 nitrogen and oxygen atoms in total. The van der Waals surface area contributed by atoms with Crippen molar-refractivity contribution in [3.8, 4) is 0 Å². The minimum absolute atomic E-state index is 0.0207. The van der Waals surface area contributed by atoms with E-state index in [1.165, 1.54) is 32.1 Å². The van der Waals surface area contributed by atoms with E-state index in [2.05, 4.69) is 5.32 Å². The fraction of sp³-hybridized carbons (Fsp3) is 0.875. The van der Waals surface area contributed by atoms with E-state index in [1.54, 1.807) is 13.8 Å². The van der Waals surface area contributed by atoms with Crippen LogP contribution < -0.4 is 5.32 Å². The third-order valence-corrected chi connectivity index (χ3v) is 4.49. The van der Waals surface area contributed by atoms with Crippen LogP contribution in [0.5, 0.6) is 0 Å². The van der Waals surface area contributed by atoms with Crippen LogP contribution in [0, 0.1) is 17.3 Å². The van der Waals surface area contributed by atoms with Gasteiger partial charge in [-0.3, -0.25) is 9.59 Å². The molecule has 0 aliphatic heterocycles. The Labute approximate surface area is 122 Å². The van der Waals surface area contributed by atoms with Gasteiger partial charge >= 0.3 is 5.97 Å². The van der Waals surface area contributed by atoms with Crippen molar-refractivity contribution in [3.63, 3.8) is 0 Å². The van der Waals surface area contributed by atoms with E-state index in [9.17, 15) is 9.59 Å². The van der Waals surface area contributed by atoms with E-state index < -0.39 is 11.4 Å². The number of nitrogens with one attached hydrogen (secondary N) is 1. The molecule has 1 aliphatic carbocycles. The molecule has 0 aromatic carbocycles. The highest BCUT2D eigenvalue weighted by atomic mass is 16.4. The summed E-state index contributed by atoms with van der Waals surface area (Å²) >= 11 is 0. The molecule has 1 aliphatic rings. The van der Waals surface area contributed by atoms with Crippen LogP contribution in [0.15, 0.2) is 0 Å². The number of carboxylic acid groups (broad SMARTS) is 1. The molecule has 1 atom stereocenters. The van der Waals surface area contributed by atoms with Gasteiger partial charge in [0.25, 0.3) is 0 Å². The van der Waals surface area contributed by atoms with Crippen LogP contribution in [0.25, 0.3) is 0 Å². The highest BCUT2D eigenvalue weighted by Gasteiger charge is 2.29. The summed E-state index contributed by atoms with van der Waals surface area (Å²) in [6.07, 6.45) is 8.16. The molecule has 20 heavy (non-hydrogen) atoms. The zero-order chi connectivity index (χ0) is 15.2. The third kappa shape index (κ3) is 5.14. The van der Waals surface area contributed by atoms with Gasteiger partial charge in [-0.1, -0.05) is 39.0 Å². The lowest BCUT2D eigenvalue weighted by molar-refractivity contribution is -0.146. The molecule has 0 radical (unpaired) electrons. The number of amides is 1. The van der Waals surface area contributed by atoms with Crippen molar-refractivity contribution in [3.05, 3.63) is 0 Å². The molecule has 0 spiro atoms. The fourth-order valence-electron chi connectivity index (χ4n) is 2.81. The largest absolute Gasteiger partial charge is 0.481 e. The van der Waals surface area contributed by atoms with Crippen molar-refractivity contribution in [2.24, 2.45) is 17.3 Å². The summed E-state index contributed by atoms with van der Waals surface area (Å²) in [6, 6.07) is 0. The van der Waals surface area contributed by atoms with Crippen molar-refractivity contribution < 1.29 is 14.7 Å². The molecule has 0 heterocycles. The van der Waals surface area contributed by atoms with Gasteiger partial charge in [0.15, 0.2) is 0 Å². The maximum absolute atomic E-state index is 12.2. The predicted octanol–water partition coefficient (Wildman–Crippen LogP) is 3.21. The normalized spacial score (nSPS) is 18.6. The van der Waals surface area contributed by atoms with E-state index in [1.807, 2.05) is 6.92 Å². The Kier molecular flexibility index (Phi) is 6.50. The summed E-state index contributed by atoms with van der Waals surface area (Å²) < 4.78 is 0. The second-order valence-corrected chi connectivity index (χ2v) is 6.75. The Morgan fingerprint density at radius 2 is 1.85 bits per heavy atom. The summed E-state index contributed by atoms with van der Waals surface area (Å²) in [7, 11) is 0. The lowest BCUT2D eigenvalue weighted by Crippen LogP contribution is -2.41. The molecular weight excluding hydrogens is 254 g/mol. The van der Waals surface area contributed by atoms with Crippen LogP contribution in [-0.2, 0) is 9.59 Å². The van der Waals surface area contributed by atoms with Gasteiger partial charge in [-0.15, -0.1) is 0 Å². The van der Waals surface area contributed by atoms with E-state index in [-0.39, 0.29) is 18.4 Å². The number of carbonyl (C=O) groups excluding carboxylic acids is 1. The number of hydrogen-bond acceptors (Lipinski definition) is 2. The molecule has 1 amide bonds. The summed E-state index contributed by atoms with van der Waals surface area (Å²) in [4.78, 5) is 23.3. The summed E-state index contributed by atoms with van der Waals surface area (Å²) in [5.41, 5.74) is -0.904. The average molecular weight is 283 g/mol. The van der Waals surface area contributed by atoms with Crippen molar-refractivity contribution >= 4 is 11.9 Å². The second-order valence-electron chi connectivity index (χ2n) is 6.75. The highest BCUT2D eigenvalue weighted by molar-refractivity contribution is 5.80. The number of hydrogen-bond donors (Lipinski definition) is 2. The molecule has 0 aromatic rings. The monoisotopic (exact) mass is 283 g/mol. The van der Waals surface area contributed by atoms with Gasteiger partial charge < -0.3 is 10.4 Å². The van der Waals surface area contributed by atoms with Crippen molar-refractivity contribution in [2.45, 2.75) is 65.7 Å². The van der Waals surface area contributed by atoms with Gasteiger partial charge in [0, 0.05) is 12.5 Å². The zero-order valence-corrected chi connectivity index (χ0v) is 13.1. The molecule has 116 valence electrons. The van der Waals surface area contributed by atoms with Gasteiger partial charge in [-0.2, -0.15) is 0 Å². The number of rotatable bonds is 7. The zero-order valence-electron chi connectivity index (χ0n) is 13.1. The van der Waals surface area contributed by atoms with Crippen molar-refractivity contribution in [1.29, 1.82) is 0 Å². The molecule has 0 aromatic heterocycles. The van der Waals surface area contributed by atoms with Gasteiger partial charge in [0.1, 0.15) is 0 Å². The first-order valence-electron chi connectivity index (χ1n) is 7.88. The maximum Gasteiger partial charge on any atom is 0.310 e. The minimum Gasteiger partial charge on any atom is -0.481 e. The first-order chi connectivity index (χ1) is 9.36. The van der Waals surface area contributed by atoms with Crippen molar-refractivity contribution in [1.82, 2.24) is 5.32 Å². The molecule has 1 fully saturated rings. The first kappa shape index (κ1) is 17.0. The summed E-state index contributed by atoms with van der Waals surface area (Å²) in [5, 5.41) is 11.9. The molecule has 0 bridgehead atoms. The molecule has 1 saturated carbocycles. The minimum atomic E-state index is -0.904. The Morgan fingerprint density at radius 1 is 1.25 bits per heavy atom. The maximum atomic E-state index is 12.2. The number of aliphatic carboxylic acids is 1. The Balaban J connectivity index is 2.44. The smallest absolute Gasteiger partial charge is 0.310 e. The molecule has 0 saturated heterocycles. The van der Waals surface area contributed by atoms with Crippen LogP contribution >= 0.6 is 0 Å². The first-order valence-corrected chi connectivity index (χ1v) is 7.88. The quantitative estimate of drug-likeness (QED) is 0.754. The van der Waals surface area contributed by atoms with Gasteiger partial charge in [-0.25, -0.2) is 0 Å². The average Bonchev–Trinajstić information content (AvgIpc) is 2.43. The Hall–Kier alpha value is -1.06. The Bertz CT molecular complexity index is 333. The van der Waals surface area contributed by atoms with Crippen LogP contribution in [0.4, 0.5) is 0 Å². The lowest BCUT2D eigenvalue weighted by Gasteiger charge is -2.26. The molecule has 1 rings (SSSR count). The Morgan fingerprint density at radius 3 is 2.35 bits per heavy atom. The molecule has 2 N–H and O–H groups in total. The fourth-order valence-corrected chi connectivity index (χ4v) is 2.81. The van der Waals surface area contributed by atoms with Crippen molar-refractivity contribution in [2.75, 3.05) is 6.54 Å². The highest BCUT2D eigenvalue weighted by Crippen LogP contribution is 2.30. The summed E-state index contributed by atoms with van der Waals surface area (Å²) in [6.45, 7) is 5.51.